The van der Waals surface area contributed by atoms with Gasteiger partial charge in [0.15, 0.2) is 6.29 Å². The molecule has 1 saturated heterocycles. The van der Waals surface area contributed by atoms with Gasteiger partial charge in [-0.15, -0.1) is 0 Å². The van der Waals surface area contributed by atoms with Crippen LogP contribution in [0, 0.1) is 11.8 Å². The summed E-state index contributed by atoms with van der Waals surface area (Å²) < 4.78 is 33.0. The van der Waals surface area contributed by atoms with E-state index in [1.165, 1.54) is 0 Å². The number of esters is 1. The Morgan fingerprint density at radius 3 is 2.13 bits per heavy atom. The number of hydrogen-bond donors (Lipinski definition) is 0. The van der Waals surface area contributed by atoms with Crippen molar-refractivity contribution < 1.29 is 33.0 Å². The zero-order chi connectivity index (χ0) is 29.8. The van der Waals surface area contributed by atoms with E-state index < -0.39 is 26.8 Å². The summed E-state index contributed by atoms with van der Waals surface area (Å²) >= 11 is 2.17. The maximum atomic E-state index is 13.3. The number of carbonyl (C=O) groups is 2. The predicted molar refractivity (Wildman–Crippen MR) is 167 cm³/mol. The van der Waals surface area contributed by atoms with Gasteiger partial charge in [0.25, 0.3) is 0 Å². The van der Waals surface area contributed by atoms with Gasteiger partial charge in [0.1, 0.15) is 18.5 Å². The molecule has 1 fully saturated rings. The second kappa shape index (κ2) is 18.1. The molecule has 0 saturated carbocycles. The molecule has 7 nitrogen and oxygen atoms in total. The van der Waals surface area contributed by atoms with Crippen molar-refractivity contribution in [3.05, 3.63) is 22.3 Å². The number of aldehydes is 1. The third kappa shape index (κ3) is 10.6. The van der Waals surface area contributed by atoms with Crippen LogP contribution in [0.25, 0.3) is 0 Å². The molecule has 0 N–H and O–H groups in total. The molecule has 9 heteroatoms. The van der Waals surface area contributed by atoms with E-state index in [9.17, 15) is 9.59 Å². The Bertz CT molecular complexity index is 763. The third-order valence-corrected chi connectivity index (χ3v) is 14.5. The van der Waals surface area contributed by atoms with Gasteiger partial charge < -0.3 is 28.2 Å². The molecule has 0 aromatic carbocycles. The van der Waals surface area contributed by atoms with E-state index in [1.807, 2.05) is 36.2 Å². The molecule has 0 radical (unpaired) electrons. The van der Waals surface area contributed by atoms with Crippen molar-refractivity contribution >= 4 is 43.2 Å². The van der Waals surface area contributed by atoms with Crippen molar-refractivity contribution in [2.75, 3.05) is 14.2 Å². The van der Waals surface area contributed by atoms with Crippen LogP contribution in [0.15, 0.2) is 22.3 Å². The molecule has 7 atom stereocenters. The molecule has 226 valence electrons. The summed E-state index contributed by atoms with van der Waals surface area (Å²) in [4.78, 5) is 24.8. The lowest BCUT2D eigenvalue weighted by molar-refractivity contribution is -0.171. The second-order valence-corrected chi connectivity index (χ2v) is 17.9. The van der Waals surface area contributed by atoms with Gasteiger partial charge in [-0.25, -0.2) is 0 Å². The quantitative estimate of drug-likeness (QED) is 0.0492. The van der Waals surface area contributed by atoms with Crippen molar-refractivity contribution in [2.24, 2.45) is 11.8 Å². The summed E-state index contributed by atoms with van der Waals surface area (Å²) in [5, 5.41) is 0. The molecule has 1 rings (SSSR count). The lowest BCUT2D eigenvalue weighted by Crippen LogP contribution is -2.55. The Morgan fingerprint density at radius 2 is 1.64 bits per heavy atom. The van der Waals surface area contributed by atoms with Gasteiger partial charge in [-0.05, 0) is 40.0 Å². The van der Waals surface area contributed by atoms with Gasteiger partial charge in [-0.2, -0.15) is 0 Å². The monoisotopic (exact) mass is 680 g/mol. The first-order valence-electron chi connectivity index (χ1n) is 14.3. The number of hydrogen-bond acceptors (Lipinski definition) is 7. The van der Waals surface area contributed by atoms with Crippen molar-refractivity contribution in [2.45, 2.75) is 128 Å². The number of rotatable bonds is 18. The van der Waals surface area contributed by atoms with Crippen LogP contribution in [0.3, 0.4) is 0 Å². The van der Waals surface area contributed by atoms with E-state index in [-0.39, 0.29) is 36.4 Å². The normalized spacial score (nSPS) is 23.7. The number of methoxy groups -OCH3 is 2. The minimum Gasteiger partial charge on any atom is -0.462 e. The molecule has 0 bridgehead atoms. The highest BCUT2D eigenvalue weighted by atomic mass is 127. The van der Waals surface area contributed by atoms with Gasteiger partial charge in [0.2, 0.25) is 8.32 Å². The van der Waals surface area contributed by atoms with Gasteiger partial charge in [-0.3, -0.25) is 4.79 Å². The SMILES string of the molecule is CO[C@@H]1C[C@@H](C[C@@H](C)C=O)[C@@H]([C@@H](OC)[C@@H](CC(=O)O[C@H](C)C/C=C/C=C/I)O[Si](C(C)C)(C(C)C)C(C)C)O1. The summed E-state index contributed by atoms with van der Waals surface area (Å²) in [6, 6.07) is 0. The van der Waals surface area contributed by atoms with Crippen LogP contribution in [0.2, 0.25) is 16.6 Å². The number of carbonyl (C=O) groups excluding carboxylic acids is 2. The van der Waals surface area contributed by atoms with Crippen LogP contribution >= 0.6 is 22.6 Å². The average molecular weight is 681 g/mol. The number of halogens is 1. The highest BCUT2D eigenvalue weighted by Gasteiger charge is 2.51. The first kappa shape index (κ1) is 36.4. The van der Waals surface area contributed by atoms with Crippen LogP contribution in [-0.4, -0.2) is 65.5 Å². The van der Waals surface area contributed by atoms with Crippen molar-refractivity contribution in [1.29, 1.82) is 0 Å². The fourth-order valence-corrected chi connectivity index (χ4v) is 12.1. The molecule has 0 amide bonds. The van der Waals surface area contributed by atoms with Crippen molar-refractivity contribution in [3.8, 4) is 0 Å². The van der Waals surface area contributed by atoms with E-state index in [1.54, 1.807) is 14.2 Å². The summed E-state index contributed by atoms with van der Waals surface area (Å²) in [6.45, 7) is 17.2. The lowest BCUT2D eigenvalue weighted by atomic mass is 9.86. The summed E-state index contributed by atoms with van der Waals surface area (Å²) in [6.07, 6.45) is 6.75. The van der Waals surface area contributed by atoms with Crippen LogP contribution in [-0.2, 0) is 33.0 Å². The fraction of sp³-hybridized carbons (Fsp3) is 0.800. The summed E-state index contributed by atoms with van der Waals surface area (Å²) in [5.41, 5.74) is 0.974. The van der Waals surface area contributed by atoms with E-state index in [4.69, 9.17) is 23.4 Å². The van der Waals surface area contributed by atoms with Crippen molar-refractivity contribution in [1.82, 2.24) is 0 Å². The number of allylic oxidation sites excluding steroid dienone is 2. The Hall–Kier alpha value is -0.593. The molecule has 0 aromatic rings. The second-order valence-electron chi connectivity index (χ2n) is 11.8. The molecule has 0 aliphatic carbocycles. The first-order chi connectivity index (χ1) is 18.4. The van der Waals surface area contributed by atoms with Crippen LogP contribution in [0.5, 0.6) is 0 Å². The average Bonchev–Trinajstić information content (AvgIpc) is 3.26. The smallest absolute Gasteiger partial charge is 0.308 e. The highest BCUT2D eigenvalue weighted by molar-refractivity contribution is 14.1. The van der Waals surface area contributed by atoms with Crippen LogP contribution in [0.1, 0.15) is 81.1 Å². The molecule has 39 heavy (non-hydrogen) atoms. The van der Waals surface area contributed by atoms with E-state index >= 15 is 0 Å². The van der Waals surface area contributed by atoms with Gasteiger partial charge in [-0.1, -0.05) is 89.3 Å². The van der Waals surface area contributed by atoms with Crippen LogP contribution in [0.4, 0.5) is 0 Å². The number of ether oxygens (including phenoxy) is 4. The first-order valence-corrected chi connectivity index (χ1v) is 17.7. The minimum atomic E-state index is -2.39. The Morgan fingerprint density at radius 1 is 1.03 bits per heavy atom. The Labute approximate surface area is 252 Å². The topological polar surface area (TPSA) is 80.3 Å². The standard InChI is InChI=1S/C30H53IO7Si/c1-20(2)39(21(3)4,22(5)6)38-26(18-27(33)36-24(8)14-12-11-13-15-31)30(35-10)29-25(16-23(7)19-32)17-28(34-9)37-29/h11-13,15,19-26,28-30H,14,16-18H2,1-10H3/b12-11+,15-13+/t23-,24-,25-,26-,28+,29+,30+/m1/s1. The molecule has 1 aliphatic heterocycles. The molecular formula is C30H53IO7Si. The molecular weight excluding hydrogens is 627 g/mol. The molecule has 0 aromatic heterocycles. The van der Waals surface area contributed by atoms with E-state index in [2.05, 4.69) is 64.1 Å². The molecule has 0 spiro atoms. The Balaban J connectivity index is 3.38. The molecule has 0 unspecified atom stereocenters. The van der Waals surface area contributed by atoms with Gasteiger partial charge in [0, 0.05) is 33.0 Å². The van der Waals surface area contributed by atoms with Gasteiger partial charge in [0.05, 0.1) is 18.6 Å². The Kier molecular flexibility index (Phi) is 16.9. The fourth-order valence-electron chi connectivity index (χ4n) is 6.25. The van der Waals surface area contributed by atoms with Crippen LogP contribution < -0.4 is 0 Å². The third-order valence-electron chi connectivity index (χ3n) is 7.95. The minimum absolute atomic E-state index is 0.0328. The zero-order valence-corrected chi connectivity index (χ0v) is 28.9. The summed E-state index contributed by atoms with van der Waals surface area (Å²) in [5.74, 6) is -0.402. The van der Waals surface area contributed by atoms with Crippen molar-refractivity contribution in [3.63, 3.8) is 0 Å². The van der Waals surface area contributed by atoms with Gasteiger partial charge >= 0.3 is 5.97 Å². The maximum Gasteiger partial charge on any atom is 0.308 e. The lowest BCUT2D eigenvalue weighted by Gasteiger charge is -2.46. The van der Waals surface area contributed by atoms with E-state index in [0.29, 0.717) is 35.9 Å². The summed E-state index contributed by atoms with van der Waals surface area (Å²) in [7, 11) is 0.878. The largest absolute Gasteiger partial charge is 0.462 e. The maximum absolute atomic E-state index is 13.3. The predicted octanol–water partition coefficient (Wildman–Crippen LogP) is 7.38. The zero-order valence-electron chi connectivity index (χ0n) is 25.7. The van der Waals surface area contributed by atoms with E-state index in [0.717, 1.165) is 6.29 Å². The molecule has 1 aliphatic rings. The molecule has 1 heterocycles. The highest BCUT2D eigenvalue weighted by Crippen LogP contribution is 2.45.